The van der Waals surface area contributed by atoms with E-state index in [-0.39, 0.29) is 11.8 Å². The molecular formula is C24H45F3O2. The first-order chi connectivity index (χ1) is 13.1. The van der Waals surface area contributed by atoms with Crippen molar-refractivity contribution >= 4 is 0 Å². The largest absolute Gasteiger partial charge is 0.416 e. The van der Waals surface area contributed by atoms with Gasteiger partial charge >= 0.3 is 6.18 Å². The summed E-state index contributed by atoms with van der Waals surface area (Å²) in [7, 11) is 0. The van der Waals surface area contributed by atoms with Gasteiger partial charge in [-0.2, -0.15) is 13.2 Å². The highest BCUT2D eigenvalue weighted by atomic mass is 19.4. The quantitative estimate of drug-likeness (QED) is 0.372. The fraction of sp³-hybridized carbons (Fsp3) is 1.00. The molecule has 5 heteroatoms. The first kappa shape index (κ1) is 26.7. The molecule has 0 spiro atoms. The molecule has 0 aliphatic heterocycles. The van der Waals surface area contributed by atoms with E-state index in [0.29, 0.717) is 30.1 Å². The summed E-state index contributed by atoms with van der Waals surface area (Å²) >= 11 is 0. The highest BCUT2D eigenvalue weighted by Gasteiger charge is 2.49. The van der Waals surface area contributed by atoms with Crippen LogP contribution in [-0.4, -0.2) is 27.6 Å². The minimum Gasteiger partial charge on any atom is -0.389 e. The predicted octanol–water partition coefficient (Wildman–Crippen LogP) is 7.13. The molecule has 5 atom stereocenters. The Labute approximate surface area is 176 Å². The van der Waals surface area contributed by atoms with E-state index in [0.717, 1.165) is 45.4 Å². The fourth-order valence-corrected chi connectivity index (χ4v) is 5.60. The van der Waals surface area contributed by atoms with Gasteiger partial charge in [0.05, 0.1) is 5.60 Å². The van der Waals surface area contributed by atoms with E-state index in [2.05, 4.69) is 41.5 Å². The Bertz CT molecular complexity index is 495. The van der Waals surface area contributed by atoms with E-state index in [9.17, 15) is 23.4 Å². The smallest absolute Gasteiger partial charge is 0.389 e. The van der Waals surface area contributed by atoms with Gasteiger partial charge in [0.25, 0.3) is 0 Å². The molecule has 1 aliphatic rings. The van der Waals surface area contributed by atoms with E-state index >= 15 is 0 Å². The van der Waals surface area contributed by atoms with Crippen molar-refractivity contribution in [3.05, 3.63) is 0 Å². The van der Waals surface area contributed by atoms with Crippen molar-refractivity contribution in [2.75, 3.05) is 0 Å². The van der Waals surface area contributed by atoms with Crippen molar-refractivity contribution in [1.29, 1.82) is 0 Å². The van der Waals surface area contributed by atoms with Crippen molar-refractivity contribution in [3.63, 3.8) is 0 Å². The van der Waals surface area contributed by atoms with Crippen LogP contribution < -0.4 is 0 Å². The molecule has 0 aromatic heterocycles. The van der Waals surface area contributed by atoms with Gasteiger partial charge in [-0.1, -0.05) is 48.0 Å². The van der Waals surface area contributed by atoms with Gasteiger partial charge < -0.3 is 10.2 Å². The number of alkyl halides is 3. The van der Waals surface area contributed by atoms with Crippen LogP contribution in [-0.2, 0) is 0 Å². The second-order valence-electron chi connectivity index (χ2n) is 10.8. The maximum atomic E-state index is 12.8. The summed E-state index contributed by atoms with van der Waals surface area (Å²) < 4.78 is 38.4. The normalized spacial score (nSPS) is 25.7. The third-order valence-electron chi connectivity index (χ3n) is 8.32. The maximum absolute atomic E-state index is 12.8. The molecule has 1 rings (SSSR count). The third-order valence-corrected chi connectivity index (χ3v) is 8.32. The second-order valence-corrected chi connectivity index (χ2v) is 10.8. The molecular weight excluding hydrogens is 377 g/mol. The lowest BCUT2D eigenvalue weighted by molar-refractivity contribution is -0.255. The lowest BCUT2D eigenvalue weighted by Crippen LogP contribution is -2.45. The van der Waals surface area contributed by atoms with Crippen molar-refractivity contribution in [3.8, 4) is 0 Å². The van der Waals surface area contributed by atoms with Crippen LogP contribution in [0.4, 0.5) is 13.2 Å². The van der Waals surface area contributed by atoms with E-state index in [1.165, 1.54) is 6.42 Å². The number of aliphatic hydroxyl groups is 2. The average molecular weight is 423 g/mol. The van der Waals surface area contributed by atoms with Crippen LogP contribution in [0.1, 0.15) is 106 Å². The van der Waals surface area contributed by atoms with Gasteiger partial charge in [0.1, 0.15) is 0 Å². The number of halogens is 3. The molecule has 2 N–H and O–H groups in total. The van der Waals surface area contributed by atoms with Crippen molar-refractivity contribution < 1.29 is 23.4 Å². The number of hydrogen-bond acceptors (Lipinski definition) is 2. The molecule has 0 heterocycles. The topological polar surface area (TPSA) is 40.5 Å². The van der Waals surface area contributed by atoms with Crippen molar-refractivity contribution in [2.24, 2.45) is 29.1 Å². The zero-order valence-corrected chi connectivity index (χ0v) is 19.7. The zero-order chi connectivity index (χ0) is 22.7. The van der Waals surface area contributed by atoms with E-state index in [1.54, 1.807) is 0 Å². The van der Waals surface area contributed by atoms with Gasteiger partial charge in [0.2, 0.25) is 0 Å². The van der Waals surface area contributed by atoms with Crippen molar-refractivity contribution in [1.82, 2.24) is 0 Å². The lowest BCUT2D eigenvalue weighted by Gasteiger charge is -2.44. The zero-order valence-electron chi connectivity index (χ0n) is 19.7. The SMILES string of the molecule is CCC(O)(CC)C(C)(C)C[C@H](C)[C@@H]1CC[C@H]([C@H](C)CCC[C@](C)(O)C(F)(F)F)C1. The minimum atomic E-state index is -4.56. The van der Waals surface area contributed by atoms with Crippen LogP contribution in [0.5, 0.6) is 0 Å². The van der Waals surface area contributed by atoms with Crippen LogP contribution in [0.2, 0.25) is 0 Å². The first-order valence-electron chi connectivity index (χ1n) is 11.6. The van der Waals surface area contributed by atoms with Crippen LogP contribution in [0, 0.1) is 29.1 Å². The van der Waals surface area contributed by atoms with E-state index in [4.69, 9.17) is 0 Å². The Kier molecular flexibility index (Phi) is 9.12. The van der Waals surface area contributed by atoms with Gasteiger partial charge in [-0.25, -0.2) is 0 Å². The van der Waals surface area contributed by atoms with Gasteiger partial charge in [0.15, 0.2) is 5.60 Å². The summed E-state index contributed by atoms with van der Waals surface area (Å²) in [4.78, 5) is 0. The Hall–Kier alpha value is -0.290. The van der Waals surface area contributed by atoms with E-state index in [1.807, 2.05) is 0 Å². The Morgan fingerprint density at radius 2 is 1.38 bits per heavy atom. The highest BCUT2D eigenvalue weighted by Crippen LogP contribution is 2.47. The molecule has 0 aromatic rings. The van der Waals surface area contributed by atoms with Gasteiger partial charge in [-0.15, -0.1) is 0 Å². The van der Waals surface area contributed by atoms with Gasteiger partial charge in [-0.05, 0) is 87.4 Å². The predicted molar refractivity (Wildman–Crippen MR) is 114 cm³/mol. The molecule has 174 valence electrons. The summed E-state index contributed by atoms with van der Waals surface area (Å²) in [6, 6.07) is 0. The molecule has 0 bridgehead atoms. The molecule has 2 nitrogen and oxygen atoms in total. The number of hydrogen-bond donors (Lipinski definition) is 2. The van der Waals surface area contributed by atoms with E-state index < -0.39 is 17.4 Å². The van der Waals surface area contributed by atoms with Crippen LogP contribution in [0.25, 0.3) is 0 Å². The monoisotopic (exact) mass is 422 g/mol. The highest BCUT2D eigenvalue weighted by molar-refractivity contribution is 4.94. The minimum absolute atomic E-state index is 0.136. The van der Waals surface area contributed by atoms with Gasteiger partial charge in [-0.3, -0.25) is 0 Å². The molecule has 0 aromatic carbocycles. The molecule has 0 radical (unpaired) electrons. The average Bonchev–Trinajstić information content (AvgIpc) is 3.09. The summed E-state index contributed by atoms with van der Waals surface area (Å²) in [6.07, 6.45) is 2.29. The summed E-state index contributed by atoms with van der Waals surface area (Å²) in [6.45, 7) is 13.8. The summed E-state index contributed by atoms with van der Waals surface area (Å²) in [5.74, 6) is 2.08. The summed E-state index contributed by atoms with van der Waals surface area (Å²) in [5, 5.41) is 20.6. The molecule has 0 amide bonds. The maximum Gasteiger partial charge on any atom is 0.416 e. The molecule has 29 heavy (non-hydrogen) atoms. The molecule has 1 saturated carbocycles. The molecule has 0 saturated heterocycles. The van der Waals surface area contributed by atoms with Crippen LogP contribution >= 0.6 is 0 Å². The fourth-order valence-electron chi connectivity index (χ4n) is 5.60. The number of rotatable bonds is 11. The van der Waals surface area contributed by atoms with Crippen LogP contribution in [0.3, 0.4) is 0 Å². The molecule has 0 unspecified atom stereocenters. The van der Waals surface area contributed by atoms with Gasteiger partial charge in [0, 0.05) is 0 Å². The molecule has 1 fully saturated rings. The Balaban J connectivity index is 2.54. The van der Waals surface area contributed by atoms with Crippen molar-refractivity contribution in [2.45, 2.75) is 124 Å². The molecule has 1 aliphatic carbocycles. The second kappa shape index (κ2) is 9.89. The first-order valence-corrected chi connectivity index (χ1v) is 11.6. The summed E-state index contributed by atoms with van der Waals surface area (Å²) in [5.41, 5.74) is -3.36. The Morgan fingerprint density at radius 3 is 1.83 bits per heavy atom. The standard InChI is InChI=1S/C24H45F3O2/c1-8-23(29,9-2)21(5,6)16-18(4)20-13-12-19(15-20)17(3)11-10-14-22(7,28)24(25,26)27/h17-20,28-29H,8-16H2,1-7H3/t17-,18+,19+,20-,22+/m1/s1. The van der Waals surface area contributed by atoms with Crippen LogP contribution in [0.15, 0.2) is 0 Å². The lowest BCUT2D eigenvalue weighted by atomic mass is 9.65. The Morgan fingerprint density at radius 1 is 0.897 bits per heavy atom. The third kappa shape index (κ3) is 6.59.